The van der Waals surface area contributed by atoms with E-state index in [0.717, 1.165) is 18.2 Å². The summed E-state index contributed by atoms with van der Waals surface area (Å²) < 4.78 is 8.43. The maximum absolute atomic E-state index is 5.79. The quantitative estimate of drug-likeness (QED) is 0.786. The molecule has 0 unspecified atom stereocenters. The molecular weight excluding hydrogens is 264 g/mol. The van der Waals surface area contributed by atoms with E-state index >= 15 is 0 Å². The Morgan fingerprint density at radius 1 is 1.39 bits per heavy atom. The third kappa shape index (κ3) is 1.98. The smallest absolute Gasteiger partial charge is 0.208 e. The molecule has 0 bridgehead atoms. The van der Waals surface area contributed by atoms with Gasteiger partial charge < -0.3 is 9.73 Å². The molecule has 1 aliphatic rings. The van der Waals surface area contributed by atoms with E-state index in [1.807, 2.05) is 6.20 Å². The largest absolute Gasteiger partial charge is 0.438 e. The van der Waals surface area contributed by atoms with Crippen LogP contribution in [0.3, 0.4) is 0 Å². The fourth-order valence-electron chi connectivity index (χ4n) is 1.91. The molecule has 3 aromatic heterocycles. The summed E-state index contributed by atoms with van der Waals surface area (Å²) in [6, 6.07) is 5.02. The lowest BCUT2D eigenvalue weighted by Gasteiger charge is -1.96. The number of nitrogens with one attached hydrogen (secondary N) is 1. The van der Waals surface area contributed by atoms with Crippen LogP contribution >= 0.6 is 22.7 Å². The van der Waals surface area contributed by atoms with Crippen LogP contribution in [0.2, 0.25) is 0 Å². The molecule has 4 rings (SSSR count). The predicted octanol–water partition coefficient (Wildman–Crippen LogP) is 3.87. The number of oxazole rings is 1. The third-order valence-electron chi connectivity index (χ3n) is 3.06. The van der Waals surface area contributed by atoms with E-state index in [9.17, 15) is 0 Å². The first-order chi connectivity index (χ1) is 8.88. The van der Waals surface area contributed by atoms with Crippen molar-refractivity contribution in [3.8, 4) is 10.6 Å². The molecule has 3 aromatic rings. The van der Waals surface area contributed by atoms with Gasteiger partial charge in [0.2, 0.25) is 5.89 Å². The van der Waals surface area contributed by atoms with E-state index in [2.05, 4.69) is 27.8 Å². The van der Waals surface area contributed by atoms with Gasteiger partial charge >= 0.3 is 0 Å². The molecule has 1 N–H and O–H groups in total. The summed E-state index contributed by atoms with van der Waals surface area (Å²) in [6.45, 7) is 0.740. The Kier molecular flexibility index (Phi) is 2.50. The number of hydrogen-bond acceptors (Lipinski definition) is 5. The van der Waals surface area contributed by atoms with E-state index in [4.69, 9.17) is 4.42 Å². The Hall–Kier alpha value is -1.17. The van der Waals surface area contributed by atoms with Gasteiger partial charge in [0, 0.05) is 15.4 Å². The molecule has 0 amide bonds. The second kappa shape index (κ2) is 4.19. The van der Waals surface area contributed by atoms with Crippen molar-refractivity contribution in [1.82, 2.24) is 10.3 Å². The lowest BCUT2D eigenvalue weighted by atomic mass is 10.4. The Balaban J connectivity index is 1.57. The van der Waals surface area contributed by atoms with E-state index in [-0.39, 0.29) is 0 Å². The van der Waals surface area contributed by atoms with Crippen LogP contribution in [0.25, 0.3) is 20.0 Å². The summed E-state index contributed by atoms with van der Waals surface area (Å²) in [7, 11) is 0. The van der Waals surface area contributed by atoms with Gasteiger partial charge in [-0.05, 0) is 30.4 Å². The Bertz CT molecular complexity index is 649. The molecule has 0 aromatic carbocycles. The third-order valence-corrected chi connectivity index (χ3v) is 5.16. The molecular formula is C13H12N2OS2. The van der Waals surface area contributed by atoms with Crippen LogP contribution in [0, 0.1) is 0 Å². The van der Waals surface area contributed by atoms with Crippen LogP contribution in [0.1, 0.15) is 18.7 Å². The second-order valence-electron chi connectivity index (χ2n) is 4.53. The zero-order valence-electron chi connectivity index (χ0n) is 9.68. The lowest BCUT2D eigenvalue weighted by Crippen LogP contribution is -2.15. The monoisotopic (exact) mass is 276 g/mol. The number of fused-ring (bicyclic) bond motifs is 1. The molecule has 1 aliphatic carbocycles. The standard InChI is InChI=1S/C13H12N2OS2/c1-2-8(1)14-7-13-15-6-9(16-13)11-5-12-10(18-11)3-4-17-12/h3-6,8,14H,1-2,7H2. The highest BCUT2D eigenvalue weighted by molar-refractivity contribution is 7.28. The molecule has 0 atom stereocenters. The summed E-state index contributed by atoms with van der Waals surface area (Å²) in [5.74, 6) is 1.67. The minimum absolute atomic E-state index is 0.687. The summed E-state index contributed by atoms with van der Waals surface area (Å²) in [6.07, 6.45) is 4.41. The zero-order chi connectivity index (χ0) is 11.9. The Morgan fingerprint density at radius 3 is 3.17 bits per heavy atom. The summed E-state index contributed by atoms with van der Waals surface area (Å²) in [4.78, 5) is 5.50. The molecule has 0 radical (unpaired) electrons. The zero-order valence-corrected chi connectivity index (χ0v) is 11.3. The molecule has 1 fully saturated rings. The predicted molar refractivity (Wildman–Crippen MR) is 75.1 cm³/mol. The van der Waals surface area contributed by atoms with Crippen LogP contribution in [0.5, 0.6) is 0 Å². The van der Waals surface area contributed by atoms with Crippen molar-refractivity contribution < 1.29 is 4.42 Å². The minimum Gasteiger partial charge on any atom is -0.438 e. The lowest BCUT2D eigenvalue weighted by molar-refractivity contribution is 0.477. The highest BCUT2D eigenvalue weighted by atomic mass is 32.1. The van der Waals surface area contributed by atoms with Gasteiger partial charge in [0.25, 0.3) is 0 Å². The maximum atomic E-state index is 5.79. The van der Waals surface area contributed by atoms with Gasteiger partial charge in [0.15, 0.2) is 5.76 Å². The van der Waals surface area contributed by atoms with Crippen LogP contribution in [-0.2, 0) is 6.54 Å². The van der Waals surface area contributed by atoms with Crippen molar-refractivity contribution in [2.45, 2.75) is 25.4 Å². The molecule has 3 heterocycles. The SMILES string of the molecule is c1cc2sc(-c3cnc(CNC4CC4)o3)cc2s1. The van der Waals surface area contributed by atoms with Gasteiger partial charge in [-0.3, -0.25) is 0 Å². The minimum atomic E-state index is 0.687. The van der Waals surface area contributed by atoms with Crippen molar-refractivity contribution in [2.75, 3.05) is 0 Å². The molecule has 3 nitrogen and oxygen atoms in total. The number of thiophene rings is 2. The van der Waals surface area contributed by atoms with E-state index in [1.165, 1.54) is 27.1 Å². The number of nitrogens with zero attached hydrogens (tertiary/aromatic N) is 1. The van der Waals surface area contributed by atoms with Gasteiger partial charge in [0.1, 0.15) is 0 Å². The first-order valence-electron chi connectivity index (χ1n) is 6.04. The Morgan fingerprint density at radius 2 is 2.33 bits per heavy atom. The molecule has 1 saturated carbocycles. The van der Waals surface area contributed by atoms with Crippen LogP contribution < -0.4 is 5.32 Å². The van der Waals surface area contributed by atoms with Crippen molar-refractivity contribution in [1.29, 1.82) is 0 Å². The molecule has 5 heteroatoms. The van der Waals surface area contributed by atoms with E-state index < -0.39 is 0 Å². The summed E-state index contributed by atoms with van der Waals surface area (Å²) in [5.41, 5.74) is 0. The van der Waals surface area contributed by atoms with Gasteiger partial charge in [-0.1, -0.05) is 0 Å². The van der Waals surface area contributed by atoms with Gasteiger partial charge in [-0.25, -0.2) is 4.98 Å². The van der Waals surface area contributed by atoms with Gasteiger partial charge in [-0.2, -0.15) is 0 Å². The molecule has 18 heavy (non-hydrogen) atoms. The number of aromatic nitrogens is 1. The van der Waals surface area contributed by atoms with Crippen molar-refractivity contribution in [3.05, 3.63) is 29.6 Å². The van der Waals surface area contributed by atoms with Crippen molar-refractivity contribution in [3.63, 3.8) is 0 Å². The molecule has 92 valence electrons. The average Bonchev–Trinajstić information content (AvgIpc) is 2.79. The fraction of sp³-hybridized carbons (Fsp3) is 0.308. The van der Waals surface area contributed by atoms with E-state index in [0.29, 0.717) is 6.04 Å². The molecule has 0 aliphatic heterocycles. The van der Waals surface area contributed by atoms with Crippen molar-refractivity contribution >= 4 is 32.1 Å². The van der Waals surface area contributed by atoms with Gasteiger partial charge in [-0.15, -0.1) is 22.7 Å². The summed E-state index contributed by atoms with van der Waals surface area (Å²) in [5, 5.41) is 5.53. The highest BCUT2D eigenvalue weighted by Gasteiger charge is 2.21. The number of hydrogen-bond donors (Lipinski definition) is 1. The fourth-order valence-corrected chi connectivity index (χ4v) is 3.97. The molecule has 0 saturated heterocycles. The maximum Gasteiger partial charge on any atom is 0.208 e. The second-order valence-corrected chi connectivity index (χ2v) is 6.56. The van der Waals surface area contributed by atoms with Crippen LogP contribution in [0.15, 0.2) is 28.1 Å². The normalized spacial score (nSPS) is 15.6. The van der Waals surface area contributed by atoms with Crippen LogP contribution in [0.4, 0.5) is 0 Å². The highest BCUT2D eigenvalue weighted by Crippen LogP contribution is 2.36. The van der Waals surface area contributed by atoms with Crippen molar-refractivity contribution in [2.24, 2.45) is 0 Å². The number of rotatable bonds is 4. The average molecular weight is 276 g/mol. The van der Waals surface area contributed by atoms with E-state index in [1.54, 1.807) is 22.7 Å². The Labute approximate surface area is 112 Å². The van der Waals surface area contributed by atoms with Gasteiger partial charge in [0.05, 0.1) is 17.6 Å². The topological polar surface area (TPSA) is 38.1 Å². The first-order valence-corrected chi connectivity index (χ1v) is 7.73. The molecule has 0 spiro atoms. The first kappa shape index (κ1) is 10.7. The summed E-state index contributed by atoms with van der Waals surface area (Å²) >= 11 is 3.53. The van der Waals surface area contributed by atoms with Crippen LogP contribution in [-0.4, -0.2) is 11.0 Å².